The SMILES string of the molecule is O=C(Nc1cn[nH]c1-c1cc(Cl)ccc1OC(F)F)c1cncc2ccoc12. The van der Waals surface area contributed by atoms with Gasteiger partial charge < -0.3 is 14.5 Å². The van der Waals surface area contributed by atoms with E-state index in [0.29, 0.717) is 16.0 Å². The average molecular weight is 405 g/mol. The predicted octanol–water partition coefficient (Wildman–Crippen LogP) is 4.73. The largest absolute Gasteiger partial charge is 0.463 e. The number of ether oxygens (including phenoxy) is 1. The van der Waals surface area contributed by atoms with Crippen molar-refractivity contribution < 1.29 is 22.7 Å². The Kier molecular flexibility index (Phi) is 4.66. The number of furan rings is 1. The van der Waals surface area contributed by atoms with Crippen molar-refractivity contribution in [1.29, 1.82) is 0 Å². The maximum Gasteiger partial charge on any atom is 0.387 e. The van der Waals surface area contributed by atoms with E-state index in [1.54, 1.807) is 12.3 Å². The molecule has 4 rings (SSSR count). The maximum atomic E-state index is 12.7. The Labute approximate surface area is 161 Å². The van der Waals surface area contributed by atoms with Crippen LogP contribution < -0.4 is 10.1 Å². The Morgan fingerprint density at radius 1 is 1.25 bits per heavy atom. The molecule has 1 amide bonds. The van der Waals surface area contributed by atoms with Crippen LogP contribution in [0.3, 0.4) is 0 Å². The van der Waals surface area contributed by atoms with E-state index in [1.165, 1.54) is 36.9 Å². The summed E-state index contributed by atoms with van der Waals surface area (Å²) in [5.41, 5.74) is 1.31. The van der Waals surface area contributed by atoms with Crippen molar-refractivity contribution in [2.45, 2.75) is 6.61 Å². The van der Waals surface area contributed by atoms with Crippen LogP contribution in [0.1, 0.15) is 10.4 Å². The molecule has 0 bridgehead atoms. The second kappa shape index (κ2) is 7.28. The highest BCUT2D eigenvalue weighted by Crippen LogP contribution is 2.36. The molecule has 0 radical (unpaired) electrons. The molecule has 28 heavy (non-hydrogen) atoms. The van der Waals surface area contributed by atoms with Crippen LogP contribution >= 0.6 is 11.6 Å². The third-order valence-electron chi connectivity index (χ3n) is 3.92. The topological polar surface area (TPSA) is 93.0 Å². The van der Waals surface area contributed by atoms with Crippen LogP contribution in [0.2, 0.25) is 5.02 Å². The number of fused-ring (bicyclic) bond motifs is 1. The van der Waals surface area contributed by atoms with Crippen molar-refractivity contribution in [3.05, 3.63) is 59.7 Å². The Balaban J connectivity index is 1.70. The van der Waals surface area contributed by atoms with Gasteiger partial charge in [0.2, 0.25) is 0 Å². The number of halogens is 3. The molecule has 0 fully saturated rings. The van der Waals surface area contributed by atoms with Gasteiger partial charge in [0, 0.05) is 28.4 Å². The number of rotatable bonds is 5. The van der Waals surface area contributed by atoms with Gasteiger partial charge in [0.05, 0.1) is 23.8 Å². The molecule has 4 aromatic rings. The number of nitrogens with zero attached hydrogens (tertiary/aromatic N) is 2. The van der Waals surface area contributed by atoms with Crippen LogP contribution in [0.25, 0.3) is 22.2 Å². The minimum absolute atomic E-state index is 0.117. The fraction of sp³-hybridized carbons (Fsp3) is 0.0556. The van der Waals surface area contributed by atoms with E-state index in [9.17, 15) is 13.6 Å². The molecule has 0 aliphatic carbocycles. The summed E-state index contributed by atoms with van der Waals surface area (Å²) in [6.45, 7) is -3.02. The molecule has 0 atom stereocenters. The van der Waals surface area contributed by atoms with E-state index in [4.69, 9.17) is 16.0 Å². The lowest BCUT2D eigenvalue weighted by molar-refractivity contribution is -0.0494. The molecule has 7 nitrogen and oxygen atoms in total. The van der Waals surface area contributed by atoms with Gasteiger partial charge in [0.1, 0.15) is 16.9 Å². The van der Waals surface area contributed by atoms with Gasteiger partial charge in [-0.1, -0.05) is 11.6 Å². The lowest BCUT2D eigenvalue weighted by Gasteiger charge is -2.12. The molecule has 2 N–H and O–H groups in total. The van der Waals surface area contributed by atoms with Gasteiger partial charge >= 0.3 is 6.61 Å². The number of alkyl halides is 2. The second-order valence-electron chi connectivity index (χ2n) is 5.66. The van der Waals surface area contributed by atoms with Crippen molar-refractivity contribution in [3.8, 4) is 17.0 Å². The number of amides is 1. The molecule has 10 heteroatoms. The molecular weight excluding hydrogens is 394 g/mol. The highest BCUT2D eigenvalue weighted by Gasteiger charge is 2.20. The Bertz CT molecular complexity index is 1160. The van der Waals surface area contributed by atoms with Crippen LogP contribution in [-0.2, 0) is 0 Å². The second-order valence-corrected chi connectivity index (χ2v) is 6.09. The number of nitrogens with one attached hydrogen (secondary N) is 2. The Hall–Kier alpha value is -3.46. The highest BCUT2D eigenvalue weighted by atomic mass is 35.5. The molecule has 1 aromatic carbocycles. The first-order chi connectivity index (χ1) is 13.5. The standard InChI is InChI=1S/C18H11ClF2N4O3/c19-10-1-2-14(28-18(20)21)11(5-10)15-13(8-23-25-15)24-17(26)12-7-22-6-9-3-4-27-16(9)12/h1-8,18H,(H,23,25)(H,24,26). The summed E-state index contributed by atoms with van der Waals surface area (Å²) in [5, 5.41) is 10.2. The summed E-state index contributed by atoms with van der Waals surface area (Å²) in [7, 11) is 0. The molecule has 0 aliphatic heterocycles. The van der Waals surface area contributed by atoms with Gasteiger partial charge in [-0.2, -0.15) is 13.9 Å². The third kappa shape index (κ3) is 3.39. The zero-order chi connectivity index (χ0) is 19.7. The first kappa shape index (κ1) is 17.9. The van der Waals surface area contributed by atoms with Gasteiger partial charge in [-0.25, -0.2) is 0 Å². The average Bonchev–Trinajstić information content (AvgIpc) is 3.31. The first-order valence-electron chi connectivity index (χ1n) is 7.93. The van der Waals surface area contributed by atoms with Gasteiger partial charge in [-0.15, -0.1) is 0 Å². The zero-order valence-corrected chi connectivity index (χ0v) is 14.7. The summed E-state index contributed by atoms with van der Waals surface area (Å²) in [5.74, 6) is -0.622. The van der Waals surface area contributed by atoms with Crippen LogP contribution in [-0.4, -0.2) is 27.7 Å². The van der Waals surface area contributed by atoms with Crippen LogP contribution in [0.15, 0.2) is 53.5 Å². The van der Waals surface area contributed by atoms with Crippen LogP contribution in [0, 0.1) is 0 Å². The van der Waals surface area contributed by atoms with Gasteiger partial charge in [0.25, 0.3) is 5.91 Å². The lowest BCUT2D eigenvalue weighted by Crippen LogP contribution is -2.13. The van der Waals surface area contributed by atoms with Crippen molar-refractivity contribution >= 4 is 34.2 Å². The quantitative estimate of drug-likeness (QED) is 0.502. The number of aromatic nitrogens is 3. The Morgan fingerprint density at radius 2 is 2.11 bits per heavy atom. The molecule has 0 saturated heterocycles. The summed E-state index contributed by atoms with van der Waals surface area (Å²) >= 11 is 5.99. The molecule has 3 heterocycles. The van der Waals surface area contributed by atoms with E-state index >= 15 is 0 Å². The van der Waals surface area contributed by atoms with E-state index < -0.39 is 12.5 Å². The smallest absolute Gasteiger partial charge is 0.387 e. The number of aromatic amines is 1. The molecule has 0 aliphatic rings. The number of anilines is 1. The summed E-state index contributed by atoms with van der Waals surface area (Å²) < 4.78 is 35.3. The van der Waals surface area contributed by atoms with E-state index in [0.717, 1.165) is 0 Å². The summed E-state index contributed by atoms with van der Waals surface area (Å²) in [4.78, 5) is 16.7. The fourth-order valence-electron chi connectivity index (χ4n) is 2.72. The lowest BCUT2D eigenvalue weighted by atomic mass is 10.1. The number of hydrogen-bond acceptors (Lipinski definition) is 5. The number of carbonyl (C=O) groups is 1. The number of hydrogen-bond donors (Lipinski definition) is 2. The van der Waals surface area contributed by atoms with E-state index in [-0.39, 0.29) is 28.3 Å². The maximum absolute atomic E-state index is 12.7. The fourth-order valence-corrected chi connectivity index (χ4v) is 2.90. The van der Waals surface area contributed by atoms with Crippen molar-refractivity contribution in [3.63, 3.8) is 0 Å². The first-order valence-corrected chi connectivity index (χ1v) is 8.31. The number of H-pyrrole nitrogens is 1. The number of pyridine rings is 1. The third-order valence-corrected chi connectivity index (χ3v) is 4.15. The highest BCUT2D eigenvalue weighted by molar-refractivity contribution is 6.31. The van der Waals surface area contributed by atoms with Crippen molar-refractivity contribution in [2.75, 3.05) is 5.32 Å². The molecule has 0 unspecified atom stereocenters. The van der Waals surface area contributed by atoms with Crippen molar-refractivity contribution in [2.24, 2.45) is 0 Å². The van der Waals surface area contributed by atoms with Gasteiger partial charge in [-0.3, -0.25) is 14.9 Å². The monoisotopic (exact) mass is 404 g/mol. The zero-order valence-electron chi connectivity index (χ0n) is 13.9. The van der Waals surface area contributed by atoms with Gasteiger partial charge in [-0.05, 0) is 24.3 Å². The summed E-state index contributed by atoms with van der Waals surface area (Å²) in [6.07, 6.45) is 5.73. The van der Waals surface area contributed by atoms with E-state index in [1.807, 2.05) is 0 Å². The molecular formula is C18H11ClF2N4O3. The van der Waals surface area contributed by atoms with Gasteiger partial charge in [0.15, 0.2) is 0 Å². The number of carbonyl (C=O) groups excluding carboxylic acids is 1. The predicted molar refractivity (Wildman–Crippen MR) is 97.6 cm³/mol. The minimum Gasteiger partial charge on any atom is -0.463 e. The molecule has 3 aromatic heterocycles. The molecule has 0 saturated carbocycles. The normalized spacial score (nSPS) is 11.1. The number of benzene rings is 1. The minimum atomic E-state index is -3.02. The molecule has 142 valence electrons. The molecule has 0 spiro atoms. The van der Waals surface area contributed by atoms with E-state index in [2.05, 4.69) is 25.2 Å². The Morgan fingerprint density at radius 3 is 2.93 bits per heavy atom. The van der Waals surface area contributed by atoms with Crippen LogP contribution in [0.4, 0.5) is 14.5 Å². The summed E-state index contributed by atoms with van der Waals surface area (Å²) in [6, 6.07) is 5.84. The van der Waals surface area contributed by atoms with Crippen LogP contribution in [0.5, 0.6) is 5.75 Å². The van der Waals surface area contributed by atoms with Crippen molar-refractivity contribution in [1.82, 2.24) is 15.2 Å².